The lowest BCUT2D eigenvalue weighted by Crippen LogP contribution is -2.55. The molecule has 31 heavy (non-hydrogen) atoms. The summed E-state index contributed by atoms with van der Waals surface area (Å²) < 4.78 is 39.2. The van der Waals surface area contributed by atoms with Crippen LogP contribution >= 0.6 is 11.8 Å². The summed E-state index contributed by atoms with van der Waals surface area (Å²) in [7, 11) is -3.78. The van der Waals surface area contributed by atoms with Gasteiger partial charge in [0.1, 0.15) is 6.04 Å². The average molecular weight is 472 g/mol. The SMILES string of the molecule is CSCCC(NS(=O)(=O)c1ccccc1)C(=O)NCC(C1CCOC1)N1CCOCC1. The highest BCUT2D eigenvalue weighted by Crippen LogP contribution is 2.22. The summed E-state index contributed by atoms with van der Waals surface area (Å²) in [5.41, 5.74) is 0. The Balaban J connectivity index is 1.65. The monoisotopic (exact) mass is 471 g/mol. The maximum atomic E-state index is 13.0. The number of sulfonamides is 1. The average Bonchev–Trinajstić information content (AvgIpc) is 3.32. The first-order valence-corrected chi connectivity index (χ1v) is 13.6. The number of ether oxygens (including phenoxy) is 2. The zero-order valence-corrected chi connectivity index (χ0v) is 19.6. The van der Waals surface area contributed by atoms with E-state index >= 15 is 0 Å². The summed E-state index contributed by atoms with van der Waals surface area (Å²) in [6, 6.07) is 7.49. The van der Waals surface area contributed by atoms with E-state index in [0.717, 1.165) is 26.1 Å². The Morgan fingerprint density at radius 3 is 2.58 bits per heavy atom. The lowest BCUT2D eigenvalue weighted by molar-refractivity contribution is -0.123. The van der Waals surface area contributed by atoms with E-state index in [1.807, 2.05) is 6.26 Å². The van der Waals surface area contributed by atoms with Crippen molar-refractivity contribution in [2.24, 2.45) is 5.92 Å². The van der Waals surface area contributed by atoms with Crippen molar-refractivity contribution in [3.05, 3.63) is 30.3 Å². The van der Waals surface area contributed by atoms with Crippen LogP contribution < -0.4 is 10.0 Å². The standard InChI is InChI=1S/C21H33N3O5S2/c1-30-14-8-19(23-31(26,27)18-5-3-2-4-6-18)21(25)22-15-20(17-7-11-29-16-17)24-9-12-28-13-10-24/h2-6,17,19-20,23H,7-16H2,1H3,(H,22,25). The second-order valence-electron chi connectivity index (χ2n) is 7.85. The van der Waals surface area contributed by atoms with Crippen molar-refractivity contribution in [2.45, 2.75) is 29.8 Å². The number of carbonyl (C=O) groups is 1. The van der Waals surface area contributed by atoms with E-state index in [9.17, 15) is 13.2 Å². The molecule has 3 unspecified atom stereocenters. The van der Waals surface area contributed by atoms with Crippen LogP contribution in [0.1, 0.15) is 12.8 Å². The van der Waals surface area contributed by atoms with Gasteiger partial charge in [0, 0.05) is 38.2 Å². The van der Waals surface area contributed by atoms with Crippen LogP contribution in [-0.2, 0) is 24.3 Å². The highest BCUT2D eigenvalue weighted by Gasteiger charge is 2.33. The van der Waals surface area contributed by atoms with Gasteiger partial charge in [0.25, 0.3) is 0 Å². The number of benzene rings is 1. The Hall–Kier alpha value is -1.17. The molecule has 3 rings (SSSR count). The number of nitrogens with zero attached hydrogens (tertiary/aromatic N) is 1. The van der Waals surface area contributed by atoms with E-state index in [-0.39, 0.29) is 16.8 Å². The molecule has 10 heteroatoms. The molecule has 2 saturated heterocycles. The van der Waals surface area contributed by atoms with Crippen LogP contribution in [0.3, 0.4) is 0 Å². The molecule has 0 aromatic heterocycles. The van der Waals surface area contributed by atoms with Crippen LogP contribution in [-0.4, -0.2) is 89.4 Å². The first-order chi connectivity index (χ1) is 15.0. The molecule has 0 saturated carbocycles. The van der Waals surface area contributed by atoms with Crippen molar-refractivity contribution >= 4 is 27.7 Å². The zero-order chi connectivity index (χ0) is 22.1. The lowest BCUT2D eigenvalue weighted by Gasteiger charge is -2.37. The number of rotatable bonds is 11. The highest BCUT2D eigenvalue weighted by molar-refractivity contribution is 7.98. The van der Waals surface area contributed by atoms with Crippen molar-refractivity contribution < 1.29 is 22.7 Å². The van der Waals surface area contributed by atoms with Crippen molar-refractivity contribution in [3.63, 3.8) is 0 Å². The van der Waals surface area contributed by atoms with E-state index in [1.165, 1.54) is 12.1 Å². The fraction of sp³-hybridized carbons (Fsp3) is 0.667. The molecule has 0 bridgehead atoms. The third-order valence-electron chi connectivity index (χ3n) is 5.79. The van der Waals surface area contributed by atoms with Crippen LogP contribution in [0.4, 0.5) is 0 Å². The number of morpholine rings is 1. The maximum absolute atomic E-state index is 13.0. The molecular formula is C21H33N3O5S2. The fourth-order valence-corrected chi connectivity index (χ4v) is 5.74. The summed E-state index contributed by atoms with van der Waals surface area (Å²) in [5, 5.41) is 3.03. The summed E-state index contributed by atoms with van der Waals surface area (Å²) >= 11 is 1.58. The van der Waals surface area contributed by atoms with Gasteiger partial charge in [-0.15, -0.1) is 0 Å². The molecule has 1 aromatic rings. The minimum atomic E-state index is -3.78. The van der Waals surface area contributed by atoms with Gasteiger partial charge in [-0.1, -0.05) is 18.2 Å². The largest absolute Gasteiger partial charge is 0.381 e. The second-order valence-corrected chi connectivity index (χ2v) is 10.6. The third-order valence-corrected chi connectivity index (χ3v) is 7.92. The van der Waals surface area contributed by atoms with E-state index in [4.69, 9.17) is 9.47 Å². The predicted molar refractivity (Wildman–Crippen MR) is 122 cm³/mol. The van der Waals surface area contributed by atoms with E-state index in [2.05, 4.69) is 14.9 Å². The van der Waals surface area contributed by atoms with Gasteiger partial charge in [-0.05, 0) is 37.0 Å². The Morgan fingerprint density at radius 1 is 1.19 bits per heavy atom. The number of nitrogens with one attached hydrogen (secondary N) is 2. The second kappa shape index (κ2) is 12.2. The first-order valence-electron chi connectivity index (χ1n) is 10.7. The molecule has 2 N–H and O–H groups in total. The summed E-state index contributed by atoms with van der Waals surface area (Å²) in [6.45, 7) is 4.93. The normalized spacial score (nSPS) is 22.2. The Morgan fingerprint density at radius 2 is 1.94 bits per heavy atom. The van der Waals surface area contributed by atoms with Gasteiger partial charge in [0.2, 0.25) is 15.9 Å². The van der Waals surface area contributed by atoms with Crippen molar-refractivity contribution in [2.75, 3.05) is 58.1 Å². The van der Waals surface area contributed by atoms with Gasteiger partial charge >= 0.3 is 0 Å². The number of amides is 1. The highest BCUT2D eigenvalue weighted by atomic mass is 32.2. The smallest absolute Gasteiger partial charge is 0.241 e. The molecule has 1 amide bonds. The Kier molecular flexibility index (Phi) is 9.61. The predicted octanol–water partition coefficient (Wildman–Crippen LogP) is 0.940. The summed E-state index contributed by atoms with van der Waals surface area (Å²) in [4.78, 5) is 15.6. The molecule has 2 heterocycles. The van der Waals surface area contributed by atoms with Crippen molar-refractivity contribution in [3.8, 4) is 0 Å². The Labute approximate surface area is 189 Å². The van der Waals surface area contributed by atoms with Crippen LogP contribution in [0, 0.1) is 5.92 Å². The Bertz CT molecular complexity index is 781. The van der Waals surface area contributed by atoms with Gasteiger partial charge in [-0.2, -0.15) is 16.5 Å². The molecule has 2 aliphatic heterocycles. The van der Waals surface area contributed by atoms with E-state index in [1.54, 1.807) is 30.0 Å². The molecule has 8 nitrogen and oxygen atoms in total. The lowest BCUT2D eigenvalue weighted by atomic mass is 9.96. The van der Waals surface area contributed by atoms with Crippen LogP contribution in [0.5, 0.6) is 0 Å². The number of hydrogen-bond donors (Lipinski definition) is 2. The van der Waals surface area contributed by atoms with Gasteiger partial charge in [0.15, 0.2) is 0 Å². The van der Waals surface area contributed by atoms with E-state index < -0.39 is 16.1 Å². The molecule has 2 aliphatic rings. The molecule has 174 valence electrons. The maximum Gasteiger partial charge on any atom is 0.241 e. The number of hydrogen-bond acceptors (Lipinski definition) is 7. The molecule has 0 aliphatic carbocycles. The molecule has 2 fully saturated rings. The topological polar surface area (TPSA) is 97.0 Å². The van der Waals surface area contributed by atoms with E-state index in [0.29, 0.717) is 44.5 Å². The molecule has 0 radical (unpaired) electrons. The molecule has 0 spiro atoms. The van der Waals surface area contributed by atoms with Crippen molar-refractivity contribution in [1.29, 1.82) is 0 Å². The van der Waals surface area contributed by atoms with Crippen LogP contribution in [0.15, 0.2) is 35.2 Å². The summed E-state index contributed by atoms with van der Waals surface area (Å²) in [5.74, 6) is 0.744. The first kappa shape index (κ1) is 24.5. The minimum Gasteiger partial charge on any atom is -0.381 e. The quantitative estimate of drug-likeness (QED) is 0.496. The minimum absolute atomic E-state index is 0.155. The van der Waals surface area contributed by atoms with Crippen LogP contribution in [0.25, 0.3) is 0 Å². The van der Waals surface area contributed by atoms with Crippen molar-refractivity contribution in [1.82, 2.24) is 14.9 Å². The van der Waals surface area contributed by atoms with Gasteiger partial charge < -0.3 is 14.8 Å². The number of carbonyl (C=O) groups excluding carboxylic acids is 1. The van der Waals surface area contributed by atoms with Crippen LogP contribution in [0.2, 0.25) is 0 Å². The summed E-state index contributed by atoms with van der Waals surface area (Å²) in [6.07, 6.45) is 3.33. The third kappa shape index (κ3) is 7.16. The molecule has 1 aromatic carbocycles. The number of thioether (sulfide) groups is 1. The molecular weight excluding hydrogens is 438 g/mol. The van der Waals surface area contributed by atoms with Gasteiger partial charge in [-0.25, -0.2) is 8.42 Å². The zero-order valence-electron chi connectivity index (χ0n) is 18.0. The van der Waals surface area contributed by atoms with Gasteiger partial charge in [-0.3, -0.25) is 9.69 Å². The molecule has 3 atom stereocenters. The fourth-order valence-electron chi connectivity index (χ4n) is 4.02. The van der Waals surface area contributed by atoms with Gasteiger partial charge in [0.05, 0.1) is 24.7 Å².